The molecule has 0 bridgehead atoms. The van der Waals surface area contributed by atoms with Gasteiger partial charge < -0.3 is 4.90 Å². The summed E-state index contributed by atoms with van der Waals surface area (Å²) in [6.07, 6.45) is 0.401. The summed E-state index contributed by atoms with van der Waals surface area (Å²) in [5, 5.41) is 8.97. The Morgan fingerprint density at radius 1 is 1.12 bits per heavy atom. The van der Waals surface area contributed by atoms with E-state index in [0.717, 1.165) is 10.5 Å². The van der Waals surface area contributed by atoms with Gasteiger partial charge in [-0.1, -0.05) is 18.2 Å². The Labute approximate surface area is 151 Å². The van der Waals surface area contributed by atoms with Crippen LogP contribution in [0.3, 0.4) is 0 Å². The molecule has 130 valence electrons. The van der Waals surface area contributed by atoms with Crippen LogP contribution in [0.4, 0.5) is 5.69 Å². The van der Waals surface area contributed by atoms with Crippen LogP contribution >= 0.6 is 0 Å². The molecule has 1 saturated heterocycles. The van der Waals surface area contributed by atoms with Crippen LogP contribution < -0.4 is 4.90 Å². The lowest BCUT2D eigenvalue weighted by Gasteiger charge is -2.19. The highest BCUT2D eigenvalue weighted by Gasteiger charge is 2.30. The van der Waals surface area contributed by atoms with Gasteiger partial charge in [-0.05, 0) is 35.9 Å². The number of carbonyl (C=O) groups is 3. The van der Waals surface area contributed by atoms with Crippen molar-refractivity contribution < 1.29 is 14.4 Å². The highest BCUT2D eigenvalue weighted by molar-refractivity contribution is 6.20. The summed E-state index contributed by atoms with van der Waals surface area (Å²) >= 11 is 0. The van der Waals surface area contributed by atoms with Crippen molar-refractivity contribution in [3.8, 4) is 6.07 Å². The summed E-state index contributed by atoms with van der Waals surface area (Å²) in [5.74, 6) is -0.726. The van der Waals surface area contributed by atoms with Gasteiger partial charge in [0.2, 0.25) is 11.8 Å². The third-order valence-corrected chi connectivity index (χ3v) is 4.23. The van der Waals surface area contributed by atoms with E-state index in [2.05, 4.69) is 6.07 Å². The summed E-state index contributed by atoms with van der Waals surface area (Å²) < 4.78 is 0. The quantitative estimate of drug-likeness (QED) is 0.796. The number of carbonyl (C=O) groups excluding carboxylic acids is 3. The van der Waals surface area contributed by atoms with E-state index in [0.29, 0.717) is 23.4 Å². The van der Waals surface area contributed by atoms with Crippen LogP contribution in [-0.4, -0.2) is 29.7 Å². The van der Waals surface area contributed by atoms with Gasteiger partial charge in [-0.25, -0.2) is 0 Å². The molecule has 0 spiro atoms. The van der Waals surface area contributed by atoms with E-state index in [4.69, 9.17) is 5.26 Å². The molecule has 26 heavy (non-hydrogen) atoms. The maximum Gasteiger partial charge on any atom is 0.253 e. The molecule has 0 radical (unpaired) electrons. The molecule has 0 atom stereocenters. The maximum atomic E-state index is 12.7. The van der Waals surface area contributed by atoms with Crippen LogP contribution in [0.25, 0.3) is 0 Å². The van der Waals surface area contributed by atoms with E-state index in [9.17, 15) is 14.4 Å². The number of anilines is 1. The zero-order valence-corrected chi connectivity index (χ0v) is 14.3. The largest absolute Gasteiger partial charge is 0.337 e. The fourth-order valence-corrected chi connectivity index (χ4v) is 2.95. The van der Waals surface area contributed by atoms with E-state index in [1.54, 1.807) is 49.5 Å². The second-order valence-electron chi connectivity index (χ2n) is 6.15. The minimum Gasteiger partial charge on any atom is -0.337 e. The van der Waals surface area contributed by atoms with Crippen molar-refractivity contribution in [2.75, 3.05) is 11.9 Å². The van der Waals surface area contributed by atoms with E-state index in [1.165, 1.54) is 4.90 Å². The van der Waals surface area contributed by atoms with Gasteiger partial charge in [0, 0.05) is 32.0 Å². The molecule has 2 aromatic carbocycles. The van der Waals surface area contributed by atoms with Crippen LogP contribution in [0, 0.1) is 11.3 Å². The average Bonchev–Trinajstić information content (AvgIpc) is 2.99. The number of hydrogen-bond donors (Lipinski definition) is 0. The lowest BCUT2D eigenvalue weighted by molar-refractivity contribution is -0.121. The number of benzene rings is 2. The molecule has 0 N–H and O–H groups in total. The molecule has 1 fully saturated rings. The molecule has 1 aliphatic rings. The third kappa shape index (κ3) is 3.47. The molecule has 1 heterocycles. The zero-order valence-electron chi connectivity index (χ0n) is 14.3. The lowest BCUT2D eigenvalue weighted by Crippen LogP contribution is -2.29. The summed E-state index contributed by atoms with van der Waals surface area (Å²) in [7, 11) is 1.67. The second-order valence-corrected chi connectivity index (χ2v) is 6.15. The average molecular weight is 347 g/mol. The minimum absolute atomic E-state index is 0.201. The van der Waals surface area contributed by atoms with Gasteiger partial charge in [0.1, 0.15) is 0 Å². The Morgan fingerprint density at radius 2 is 1.81 bits per heavy atom. The Kier molecular flexibility index (Phi) is 4.81. The molecule has 3 amide bonds. The fourth-order valence-electron chi connectivity index (χ4n) is 2.95. The first kappa shape index (κ1) is 17.4. The van der Waals surface area contributed by atoms with Crippen molar-refractivity contribution >= 4 is 23.4 Å². The Hall–Kier alpha value is -3.46. The number of nitrogens with zero attached hydrogens (tertiary/aromatic N) is 3. The number of rotatable bonds is 4. The van der Waals surface area contributed by atoms with E-state index < -0.39 is 0 Å². The Bertz CT molecular complexity index is 914. The first-order chi connectivity index (χ1) is 12.5. The highest BCUT2D eigenvalue weighted by Crippen LogP contribution is 2.24. The lowest BCUT2D eigenvalue weighted by atomic mass is 10.1. The van der Waals surface area contributed by atoms with Crippen LogP contribution in [-0.2, 0) is 16.1 Å². The molecule has 0 aliphatic carbocycles. The number of imide groups is 1. The van der Waals surface area contributed by atoms with Gasteiger partial charge in [0.15, 0.2) is 0 Å². The zero-order chi connectivity index (χ0) is 18.7. The third-order valence-electron chi connectivity index (χ3n) is 4.23. The molecule has 2 aromatic rings. The first-order valence-electron chi connectivity index (χ1n) is 8.20. The molecular weight excluding hydrogens is 330 g/mol. The number of nitriles is 1. The van der Waals surface area contributed by atoms with Gasteiger partial charge in [0.05, 0.1) is 17.3 Å². The van der Waals surface area contributed by atoms with Crippen LogP contribution in [0.1, 0.15) is 34.3 Å². The standard InChI is InChI=1S/C20H17N3O3/c1-22(13-15-5-2-4-14(10-15)12-21)20(26)16-6-3-7-17(11-16)23-18(24)8-9-19(23)25/h2-7,10-11H,8-9,13H2,1H3. The summed E-state index contributed by atoms with van der Waals surface area (Å²) in [6, 6.07) is 15.7. The maximum absolute atomic E-state index is 12.7. The Morgan fingerprint density at radius 3 is 2.50 bits per heavy atom. The van der Waals surface area contributed by atoms with E-state index in [-0.39, 0.29) is 30.6 Å². The fraction of sp³-hybridized carbons (Fsp3) is 0.200. The van der Waals surface area contributed by atoms with Gasteiger partial charge >= 0.3 is 0 Å². The minimum atomic E-state index is -0.249. The normalized spacial score (nSPS) is 13.6. The van der Waals surface area contributed by atoms with Crippen molar-refractivity contribution in [3.63, 3.8) is 0 Å². The number of amides is 3. The first-order valence-corrected chi connectivity index (χ1v) is 8.20. The van der Waals surface area contributed by atoms with Crippen molar-refractivity contribution in [2.24, 2.45) is 0 Å². The molecule has 0 saturated carbocycles. The smallest absolute Gasteiger partial charge is 0.253 e. The van der Waals surface area contributed by atoms with E-state index >= 15 is 0 Å². The van der Waals surface area contributed by atoms with Gasteiger partial charge in [-0.2, -0.15) is 5.26 Å². The molecule has 6 heteroatoms. The predicted molar refractivity (Wildman–Crippen MR) is 95.1 cm³/mol. The molecule has 3 rings (SSSR count). The van der Waals surface area contributed by atoms with Gasteiger partial charge in [-0.3, -0.25) is 19.3 Å². The highest BCUT2D eigenvalue weighted by atomic mass is 16.2. The topological polar surface area (TPSA) is 81.5 Å². The van der Waals surface area contributed by atoms with Crippen molar-refractivity contribution in [1.82, 2.24) is 4.90 Å². The van der Waals surface area contributed by atoms with Crippen molar-refractivity contribution in [1.29, 1.82) is 5.26 Å². The van der Waals surface area contributed by atoms with Crippen molar-refractivity contribution in [2.45, 2.75) is 19.4 Å². The van der Waals surface area contributed by atoms with E-state index in [1.807, 2.05) is 6.07 Å². The summed E-state index contributed by atoms with van der Waals surface area (Å²) in [6.45, 7) is 0.347. The monoisotopic (exact) mass is 347 g/mol. The molecule has 0 unspecified atom stereocenters. The van der Waals surface area contributed by atoms with Crippen LogP contribution in [0.5, 0.6) is 0 Å². The molecule has 6 nitrogen and oxygen atoms in total. The molecule has 1 aliphatic heterocycles. The van der Waals surface area contributed by atoms with Crippen LogP contribution in [0.15, 0.2) is 48.5 Å². The van der Waals surface area contributed by atoms with Gasteiger partial charge in [0.25, 0.3) is 5.91 Å². The second kappa shape index (κ2) is 7.19. The van der Waals surface area contributed by atoms with Crippen LogP contribution in [0.2, 0.25) is 0 Å². The molecular formula is C20H17N3O3. The molecule has 0 aromatic heterocycles. The summed E-state index contributed by atoms with van der Waals surface area (Å²) in [5.41, 5.74) is 2.20. The summed E-state index contributed by atoms with van der Waals surface area (Å²) in [4.78, 5) is 39.1. The van der Waals surface area contributed by atoms with Gasteiger partial charge in [-0.15, -0.1) is 0 Å². The predicted octanol–water partition coefficient (Wildman–Crippen LogP) is 2.48. The Balaban J connectivity index is 1.79. The number of hydrogen-bond acceptors (Lipinski definition) is 4. The van der Waals surface area contributed by atoms with Crippen molar-refractivity contribution in [3.05, 3.63) is 65.2 Å². The SMILES string of the molecule is CN(Cc1cccc(C#N)c1)C(=O)c1cccc(N2C(=O)CCC2=O)c1.